The van der Waals surface area contributed by atoms with Gasteiger partial charge in [0.1, 0.15) is 0 Å². The van der Waals surface area contributed by atoms with Gasteiger partial charge in [-0.3, -0.25) is 19.5 Å². The lowest BCUT2D eigenvalue weighted by molar-refractivity contribution is -0.136. The van der Waals surface area contributed by atoms with Gasteiger partial charge in [0.05, 0.1) is 18.8 Å². The molecule has 1 aliphatic carbocycles. The Kier molecular flexibility index (Phi) is 6.22. The second-order valence-electron chi connectivity index (χ2n) is 8.17. The lowest BCUT2D eigenvalue weighted by Crippen LogP contribution is -2.47. The van der Waals surface area contributed by atoms with Crippen LogP contribution in [0.2, 0.25) is 0 Å². The largest absolute Gasteiger partial charge is 0.378 e. The summed E-state index contributed by atoms with van der Waals surface area (Å²) in [4.78, 5) is 33.5. The normalized spacial score (nSPS) is 25.6. The lowest BCUT2D eigenvalue weighted by Gasteiger charge is -2.33. The van der Waals surface area contributed by atoms with E-state index in [1.54, 1.807) is 24.5 Å². The number of carbonyl (C=O) groups excluding carboxylic acids is 2. The Bertz CT molecular complexity index is 673. The highest BCUT2D eigenvalue weighted by Gasteiger charge is 2.38. The number of carbonyl (C=O) groups is 2. The molecule has 2 saturated heterocycles. The summed E-state index contributed by atoms with van der Waals surface area (Å²) < 4.78 is 5.36. The molecule has 0 aromatic carbocycles. The van der Waals surface area contributed by atoms with Gasteiger partial charge in [-0.15, -0.1) is 0 Å². The molecule has 0 bridgehead atoms. The van der Waals surface area contributed by atoms with Crippen LogP contribution in [0, 0.1) is 5.92 Å². The number of amides is 2. The van der Waals surface area contributed by atoms with E-state index in [1.807, 2.05) is 4.90 Å². The summed E-state index contributed by atoms with van der Waals surface area (Å²) in [5.74, 6) is 0.928. The maximum atomic E-state index is 12.7. The minimum Gasteiger partial charge on any atom is -0.378 e. The Morgan fingerprint density at radius 2 is 1.93 bits per heavy atom. The molecule has 3 fully saturated rings. The van der Waals surface area contributed by atoms with Crippen LogP contribution in [0.3, 0.4) is 0 Å². The van der Waals surface area contributed by atoms with Crippen LogP contribution < -0.4 is 5.32 Å². The van der Waals surface area contributed by atoms with E-state index in [4.69, 9.17) is 4.74 Å². The third-order valence-corrected chi connectivity index (χ3v) is 6.13. The standard InChI is InChI=1S/C21H30N4O3/c26-20(24-8-10-28-11-9-24)12-18-5-6-19(25(18)15-16-3-4-16)14-23-21(27)17-2-1-7-22-13-17/h1-2,7,13,16,18-19H,3-6,8-12,14-15H2,(H,23,27)/t18-,19+/m1/s1. The van der Waals surface area contributed by atoms with Crippen LogP contribution in [0.5, 0.6) is 0 Å². The number of nitrogens with one attached hydrogen (secondary N) is 1. The van der Waals surface area contributed by atoms with E-state index in [1.165, 1.54) is 12.8 Å². The van der Waals surface area contributed by atoms with Crippen molar-refractivity contribution in [3.8, 4) is 0 Å². The van der Waals surface area contributed by atoms with Crippen molar-refractivity contribution in [1.29, 1.82) is 0 Å². The van der Waals surface area contributed by atoms with Gasteiger partial charge in [0.2, 0.25) is 5.91 Å². The van der Waals surface area contributed by atoms with Crippen molar-refractivity contribution in [2.24, 2.45) is 5.92 Å². The van der Waals surface area contributed by atoms with E-state index in [0.29, 0.717) is 50.9 Å². The zero-order valence-corrected chi connectivity index (χ0v) is 16.4. The molecule has 3 heterocycles. The van der Waals surface area contributed by atoms with E-state index >= 15 is 0 Å². The molecule has 7 nitrogen and oxygen atoms in total. The highest BCUT2D eigenvalue weighted by atomic mass is 16.5. The molecule has 28 heavy (non-hydrogen) atoms. The van der Waals surface area contributed by atoms with Gasteiger partial charge in [0, 0.05) is 57.1 Å². The summed E-state index contributed by atoms with van der Waals surface area (Å²) in [6.07, 6.45) is 8.47. The molecule has 2 amide bonds. The Balaban J connectivity index is 1.33. The molecule has 1 N–H and O–H groups in total. The Hall–Kier alpha value is -1.99. The fourth-order valence-electron chi connectivity index (χ4n) is 4.30. The Morgan fingerprint density at radius 3 is 2.64 bits per heavy atom. The molecular weight excluding hydrogens is 356 g/mol. The number of likely N-dealkylation sites (tertiary alicyclic amines) is 1. The number of ether oxygens (including phenoxy) is 1. The van der Waals surface area contributed by atoms with E-state index in [0.717, 1.165) is 25.3 Å². The minimum atomic E-state index is -0.0766. The Labute approximate surface area is 166 Å². The zero-order valence-electron chi connectivity index (χ0n) is 16.4. The first-order valence-electron chi connectivity index (χ1n) is 10.5. The van der Waals surface area contributed by atoms with Gasteiger partial charge in [-0.25, -0.2) is 0 Å². The summed E-state index contributed by atoms with van der Waals surface area (Å²) in [6, 6.07) is 4.15. The predicted molar refractivity (Wildman–Crippen MR) is 105 cm³/mol. The first kappa shape index (κ1) is 19.3. The second kappa shape index (κ2) is 9.01. The van der Waals surface area contributed by atoms with E-state index in [9.17, 15) is 9.59 Å². The number of pyridine rings is 1. The van der Waals surface area contributed by atoms with Crippen molar-refractivity contribution in [1.82, 2.24) is 20.1 Å². The third kappa shape index (κ3) is 4.89. The average Bonchev–Trinajstić information content (AvgIpc) is 3.49. The summed E-state index contributed by atoms with van der Waals surface area (Å²) in [6.45, 7) is 4.38. The van der Waals surface area contributed by atoms with Crippen LogP contribution in [0.15, 0.2) is 24.5 Å². The number of rotatable bonds is 7. The maximum Gasteiger partial charge on any atom is 0.252 e. The lowest BCUT2D eigenvalue weighted by atomic mass is 10.1. The summed E-state index contributed by atoms with van der Waals surface area (Å²) >= 11 is 0. The molecular formula is C21H30N4O3. The van der Waals surface area contributed by atoms with Crippen molar-refractivity contribution in [2.45, 2.75) is 44.2 Å². The van der Waals surface area contributed by atoms with Gasteiger partial charge in [0.15, 0.2) is 0 Å². The van der Waals surface area contributed by atoms with E-state index in [2.05, 4.69) is 15.2 Å². The van der Waals surface area contributed by atoms with Crippen LogP contribution in [-0.2, 0) is 9.53 Å². The van der Waals surface area contributed by atoms with Gasteiger partial charge in [-0.1, -0.05) is 0 Å². The topological polar surface area (TPSA) is 74.8 Å². The number of hydrogen-bond acceptors (Lipinski definition) is 5. The molecule has 1 aromatic rings. The fraction of sp³-hybridized carbons (Fsp3) is 0.667. The maximum absolute atomic E-state index is 12.7. The zero-order chi connectivity index (χ0) is 19.3. The number of morpholine rings is 1. The molecule has 1 aromatic heterocycles. The van der Waals surface area contributed by atoms with E-state index in [-0.39, 0.29) is 17.9 Å². The van der Waals surface area contributed by atoms with Gasteiger partial charge in [-0.2, -0.15) is 0 Å². The van der Waals surface area contributed by atoms with Crippen LogP contribution >= 0.6 is 0 Å². The van der Waals surface area contributed by atoms with Gasteiger partial charge in [-0.05, 0) is 43.7 Å². The Morgan fingerprint density at radius 1 is 1.14 bits per heavy atom. The van der Waals surface area contributed by atoms with Gasteiger partial charge < -0.3 is 15.0 Å². The average molecular weight is 386 g/mol. The van der Waals surface area contributed by atoms with Gasteiger partial charge >= 0.3 is 0 Å². The molecule has 2 atom stereocenters. The quantitative estimate of drug-likeness (QED) is 0.765. The number of aromatic nitrogens is 1. The van der Waals surface area contributed by atoms with Crippen molar-refractivity contribution in [3.05, 3.63) is 30.1 Å². The molecule has 0 radical (unpaired) electrons. The van der Waals surface area contributed by atoms with Crippen LogP contribution in [0.4, 0.5) is 0 Å². The van der Waals surface area contributed by atoms with Crippen molar-refractivity contribution in [2.75, 3.05) is 39.4 Å². The van der Waals surface area contributed by atoms with Crippen LogP contribution in [-0.4, -0.2) is 78.1 Å². The first-order chi connectivity index (χ1) is 13.7. The van der Waals surface area contributed by atoms with Crippen LogP contribution in [0.1, 0.15) is 42.5 Å². The SMILES string of the molecule is O=C(NC[C@@H]1CC[C@H](CC(=O)N2CCOCC2)N1CC1CC1)c1cccnc1. The van der Waals surface area contributed by atoms with Crippen LogP contribution in [0.25, 0.3) is 0 Å². The smallest absolute Gasteiger partial charge is 0.252 e. The molecule has 0 spiro atoms. The highest BCUT2D eigenvalue weighted by Crippen LogP contribution is 2.35. The monoisotopic (exact) mass is 386 g/mol. The summed E-state index contributed by atoms with van der Waals surface area (Å²) in [5.41, 5.74) is 0.591. The van der Waals surface area contributed by atoms with E-state index < -0.39 is 0 Å². The second-order valence-corrected chi connectivity index (χ2v) is 8.17. The molecule has 152 valence electrons. The van der Waals surface area contributed by atoms with Crippen molar-refractivity contribution in [3.63, 3.8) is 0 Å². The molecule has 1 saturated carbocycles. The van der Waals surface area contributed by atoms with Crippen molar-refractivity contribution >= 4 is 11.8 Å². The number of nitrogens with zero attached hydrogens (tertiary/aromatic N) is 3. The molecule has 7 heteroatoms. The van der Waals surface area contributed by atoms with Crippen molar-refractivity contribution < 1.29 is 14.3 Å². The minimum absolute atomic E-state index is 0.0766. The predicted octanol–water partition coefficient (Wildman–Crippen LogP) is 1.30. The first-order valence-corrected chi connectivity index (χ1v) is 10.5. The number of hydrogen-bond donors (Lipinski definition) is 1. The molecule has 4 rings (SSSR count). The summed E-state index contributed by atoms with van der Waals surface area (Å²) in [7, 11) is 0. The third-order valence-electron chi connectivity index (χ3n) is 6.13. The molecule has 0 unspecified atom stereocenters. The summed E-state index contributed by atoms with van der Waals surface area (Å²) in [5, 5.41) is 3.07. The fourth-order valence-corrected chi connectivity index (χ4v) is 4.30. The molecule has 3 aliphatic rings. The van der Waals surface area contributed by atoms with Gasteiger partial charge in [0.25, 0.3) is 5.91 Å². The highest BCUT2D eigenvalue weighted by molar-refractivity contribution is 5.93. The molecule has 2 aliphatic heterocycles.